The highest BCUT2D eigenvalue weighted by Crippen LogP contribution is 2.29. The first-order chi connectivity index (χ1) is 8.30. The largest absolute Gasteiger partial charge is 0.475 e. The van der Waals surface area contributed by atoms with Crippen molar-refractivity contribution in [3.05, 3.63) is 17.6 Å². The second-order valence-corrected chi connectivity index (χ2v) is 3.55. The summed E-state index contributed by atoms with van der Waals surface area (Å²) in [6, 6.07) is 0. The van der Waals surface area contributed by atoms with Gasteiger partial charge in [0.15, 0.2) is 0 Å². The zero-order chi connectivity index (χ0) is 13.5. The van der Waals surface area contributed by atoms with Crippen molar-refractivity contribution in [2.45, 2.75) is 12.6 Å². The van der Waals surface area contributed by atoms with E-state index in [9.17, 15) is 22.8 Å². The molecule has 1 amide bonds. The molecule has 1 aromatic heterocycles. The maximum atomic E-state index is 12.3. The van der Waals surface area contributed by atoms with E-state index in [1.165, 1.54) is 0 Å². The van der Waals surface area contributed by atoms with Crippen molar-refractivity contribution < 1.29 is 27.9 Å². The van der Waals surface area contributed by atoms with E-state index in [2.05, 4.69) is 9.97 Å². The molecule has 6 nitrogen and oxygen atoms in total. The van der Waals surface area contributed by atoms with E-state index in [-0.39, 0.29) is 18.8 Å². The van der Waals surface area contributed by atoms with Gasteiger partial charge in [0.25, 0.3) is 0 Å². The molecule has 0 radical (unpaired) electrons. The van der Waals surface area contributed by atoms with Gasteiger partial charge in [-0.2, -0.15) is 13.2 Å². The number of rotatable bonds is 1. The fourth-order valence-corrected chi connectivity index (χ4v) is 1.60. The van der Waals surface area contributed by atoms with E-state index in [1.54, 1.807) is 0 Å². The number of fused-ring (bicyclic) bond motifs is 1. The average Bonchev–Trinajstić information content (AvgIpc) is 2.68. The number of carbonyl (C=O) groups excluding carboxylic acids is 1. The van der Waals surface area contributed by atoms with Crippen LogP contribution in [0.15, 0.2) is 6.20 Å². The molecular weight excluding hydrogens is 255 g/mol. The van der Waals surface area contributed by atoms with E-state index >= 15 is 0 Å². The van der Waals surface area contributed by atoms with Gasteiger partial charge in [0.1, 0.15) is 5.82 Å². The average molecular weight is 261 g/mol. The predicted molar refractivity (Wildman–Crippen MR) is 51.1 cm³/mol. The lowest BCUT2D eigenvalue weighted by molar-refractivity contribution is -0.170. The second kappa shape index (κ2) is 3.93. The van der Waals surface area contributed by atoms with Gasteiger partial charge < -0.3 is 5.11 Å². The summed E-state index contributed by atoms with van der Waals surface area (Å²) in [7, 11) is 0. The molecule has 2 rings (SSSR count). The molecule has 0 fully saturated rings. The minimum Gasteiger partial charge on any atom is -0.475 e. The van der Waals surface area contributed by atoms with Gasteiger partial charge in [-0.1, -0.05) is 0 Å². The monoisotopic (exact) mass is 261 g/mol. The van der Waals surface area contributed by atoms with E-state index in [0.717, 1.165) is 6.20 Å². The molecule has 18 heavy (non-hydrogen) atoms. The molecule has 0 aliphatic carbocycles. The normalized spacial score (nSPS) is 14.5. The van der Waals surface area contributed by atoms with Gasteiger partial charge in [-0.15, -0.1) is 0 Å². The number of aromatic nitrogens is 2. The smallest absolute Gasteiger partial charge is 0.471 e. The Morgan fingerprint density at radius 2 is 2.06 bits per heavy atom. The van der Waals surface area contributed by atoms with Crippen molar-refractivity contribution in [3.8, 4) is 0 Å². The van der Waals surface area contributed by atoms with Crippen molar-refractivity contribution >= 4 is 17.7 Å². The van der Waals surface area contributed by atoms with Crippen molar-refractivity contribution in [1.82, 2.24) is 9.97 Å². The molecule has 1 aliphatic heterocycles. The molecule has 0 bridgehead atoms. The van der Waals surface area contributed by atoms with E-state index in [1.807, 2.05) is 0 Å². The van der Waals surface area contributed by atoms with Crippen LogP contribution in [-0.4, -0.2) is 39.7 Å². The minimum absolute atomic E-state index is 0.164. The summed E-state index contributed by atoms with van der Waals surface area (Å²) in [5.74, 6) is -4.46. The van der Waals surface area contributed by atoms with Crippen LogP contribution in [0.25, 0.3) is 0 Å². The van der Waals surface area contributed by atoms with Crippen LogP contribution < -0.4 is 4.90 Å². The Morgan fingerprint density at radius 1 is 1.39 bits per heavy atom. The van der Waals surface area contributed by atoms with Crippen LogP contribution in [0.3, 0.4) is 0 Å². The molecule has 0 atom stereocenters. The van der Waals surface area contributed by atoms with Crippen LogP contribution in [0.2, 0.25) is 0 Å². The van der Waals surface area contributed by atoms with Crippen LogP contribution in [0.4, 0.5) is 19.0 Å². The Hall–Kier alpha value is -2.19. The lowest BCUT2D eigenvalue weighted by atomic mass is 10.3. The highest BCUT2D eigenvalue weighted by molar-refractivity contribution is 5.98. The van der Waals surface area contributed by atoms with Crippen LogP contribution in [0.5, 0.6) is 0 Å². The Bertz CT molecular complexity index is 530. The summed E-state index contributed by atoms with van der Waals surface area (Å²) >= 11 is 0. The quantitative estimate of drug-likeness (QED) is 0.801. The molecular formula is C9H6F3N3O3. The van der Waals surface area contributed by atoms with Crippen molar-refractivity contribution in [2.75, 3.05) is 11.4 Å². The number of alkyl halides is 3. The number of aromatic carboxylic acids is 1. The Kier molecular flexibility index (Phi) is 2.68. The number of halogens is 3. The maximum Gasteiger partial charge on any atom is 0.471 e. The summed E-state index contributed by atoms with van der Waals surface area (Å²) < 4.78 is 36.9. The number of carboxylic acid groups (broad SMARTS) is 1. The summed E-state index contributed by atoms with van der Waals surface area (Å²) in [4.78, 5) is 29.1. The van der Waals surface area contributed by atoms with E-state index < -0.39 is 23.9 Å². The molecule has 0 unspecified atom stereocenters. The van der Waals surface area contributed by atoms with Gasteiger partial charge in [-0.25, -0.2) is 14.8 Å². The third-order valence-electron chi connectivity index (χ3n) is 2.38. The number of nitrogens with zero attached hydrogens (tertiary/aromatic N) is 3. The molecule has 2 heterocycles. The van der Waals surface area contributed by atoms with Crippen LogP contribution in [-0.2, 0) is 11.2 Å². The molecule has 1 N–H and O–H groups in total. The first-order valence-electron chi connectivity index (χ1n) is 4.78. The Morgan fingerprint density at radius 3 is 2.61 bits per heavy atom. The number of hydrogen-bond acceptors (Lipinski definition) is 4. The first-order valence-corrected chi connectivity index (χ1v) is 4.78. The maximum absolute atomic E-state index is 12.3. The number of carboxylic acids is 1. The first kappa shape index (κ1) is 12.3. The Balaban J connectivity index is 2.40. The number of carbonyl (C=O) groups is 2. The van der Waals surface area contributed by atoms with Crippen molar-refractivity contribution in [1.29, 1.82) is 0 Å². The van der Waals surface area contributed by atoms with Crippen molar-refractivity contribution in [3.63, 3.8) is 0 Å². The highest BCUT2D eigenvalue weighted by atomic mass is 19.4. The zero-order valence-corrected chi connectivity index (χ0v) is 8.73. The summed E-state index contributed by atoms with van der Waals surface area (Å²) in [6.07, 6.45) is -3.73. The summed E-state index contributed by atoms with van der Waals surface area (Å²) in [5, 5.41) is 8.65. The summed E-state index contributed by atoms with van der Waals surface area (Å²) in [6.45, 7) is -0.189. The molecule has 96 valence electrons. The highest BCUT2D eigenvalue weighted by Gasteiger charge is 2.45. The SMILES string of the molecule is O=C(O)c1ncc2c(n1)N(C(=O)C(F)(F)F)CC2. The summed E-state index contributed by atoms with van der Waals surface area (Å²) in [5.41, 5.74) is 0.317. The second-order valence-electron chi connectivity index (χ2n) is 3.55. The molecule has 1 aliphatic rings. The number of amides is 1. The Labute approximate surface area is 98.1 Å². The molecule has 9 heteroatoms. The lowest BCUT2D eigenvalue weighted by Gasteiger charge is -2.17. The standard InChI is InChI=1S/C9H6F3N3O3/c10-9(11,12)8(18)15-2-1-4-3-13-5(7(16)17)14-6(4)15/h3H,1-2H2,(H,16,17). The van der Waals surface area contributed by atoms with Gasteiger partial charge >= 0.3 is 18.1 Å². The topological polar surface area (TPSA) is 83.4 Å². The number of anilines is 1. The fourth-order valence-electron chi connectivity index (χ4n) is 1.60. The van der Waals surface area contributed by atoms with Crippen molar-refractivity contribution in [2.24, 2.45) is 0 Å². The zero-order valence-electron chi connectivity index (χ0n) is 8.73. The molecule has 1 aromatic rings. The van der Waals surface area contributed by atoms with Gasteiger partial charge in [-0.05, 0) is 6.42 Å². The van der Waals surface area contributed by atoms with Crippen LogP contribution in [0.1, 0.15) is 16.2 Å². The van der Waals surface area contributed by atoms with E-state index in [4.69, 9.17) is 5.11 Å². The third kappa shape index (κ3) is 1.98. The third-order valence-corrected chi connectivity index (χ3v) is 2.38. The predicted octanol–water partition coefficient (Wildman–Crippen LogP) is 0.626. The lowest BCUT2D eigenvalue weighted by Crippen LogP contribution is -2.40. The molecule has 0 spiro atoms. The van der Waals surface area contributed by atoms with Crippen LogP contribution in [0, 0.1) is 0 Å². The van der Waals surface area contributed by atoms with Crippen LogP contribution >= 0.6 is 0 Å². The van der Waals surface area contributed by atoms with Gasteiger partial charge in [0.05, 0.1) is 0 Å². The molecule has 0 saturated heterocycles. The van der Waals surface area contributed by atoms with Gasteiger partial charge in [-0.3, -0.25) is 9.69 Å². The van der Waals surface area contributed by atoms with E-state index in [0.29, 0.717) is 10.5 Å². The molecule has 0 aromatic carbocycles. The fraction of sp³-hybridized carbons (Fsp3) is 0.333. The van der Waals surface area contributed by atoms with Gasteiger partial charge in [0, 0.05) is 18.3 Å². The van der Waals surface area contributed by atoms with Gasteiger partial charge in [0.2, 0.25) is 5.82 Å². The molecule has 0 saturated carbocycles. The number of hydrogen-bond donors (Lipinski definition) is 1. The minimum atomic E-state index is -5.02.